The van der Waals surface area contributed by atoms with E-state index < -0.39 is 6.23 Å². The van der Waals surface area contributed by atoms with Gasteiger partial charge < -0.3 is 4.74 Å². The highest BCUT2D eigenvalue weighted by molar-refractivity contribution is 7.99. The summed E-state index contributed by atoms with van der Waals surface area (Å²) in [6.45, 7) is 9.99. The first kappa shape index (κ1) is 22.3. The van der Waals surface area contributed by atoms with Crippen LogP contribution < -0.4 is 9.64 Å². The number of thioether (sulfide) groups is 1. The highest BCUT2D eigenvalue weighted by Crippen LogP contribution is 2.43. The number of amides is 1. The predicted molar refractivity (Wildman–Crippen MR) is 128 cm³/mol. The minimum Gasteiger partial charge on any atom is -0.447 e. The van der Waals surface area contributed by atoms with Gasteiger partial charge in [-0.25, -0.2) is 0 Å². The van der Waals surface area contributed by atoms with Gasteiger partial charge in [0.1, 0.15) is 0 Å². The number of carbonyl (C=O) groups excluding carboxylic acids is 1. The number of anilines is 1. The van der Waals surface area contributed by atoms with Crippen molar-refractivity contribution in [3.05, 3.63) is 59.2 Å². The van der Waals surface area contributed by atoms with Crippen LogP contribution in [0.25, 0.3) is 11.3 Å². The lowest BCUT2D eigenvalue weighted by Gasteiger charge is -2.30. The van der Waals surface area contributed by atoms with Gasteiger partial charge >= 0.3 is 0 Å². The minimum atomic E-state index is -0.652. The van der Waals surface area contributed by atoms with Crippen molar-refractivity contribution >= 4 is 23.4 Å². The van der Waals surface area contributed by atoms with E-state index in [0.717, 1.165) is 40.1 Å². The zero-order valence-corrected chi connectivity index (χ0v) is 19.9. The van der Waals surface area contributed by atoms with Gasteiger partial charge in [-0.05, 0) is 38.3 Å². The fourth-order valence-electron chi connectivity index (χ4n) is 3.61. The summed E-state index contributed by atoms with van der Waals surface area (Å²) in [6.07, 6.45) is 0.416. The number of benzene rings is 2. The first-order valence-corrected chi connectivity index (χ1v) is 11.8. The Bertz CT molecular complexity index is 1130. The van der Waals surface area contributed by atoms with Crippen LogP contribution in [0.5, 0.6) is 5.88 Å². The molecule has 0 unspecified atom stereocenters. The van der Waals surface area contributed by atoms with Crippen molar-refractivity contribution in [1.82, 2.24) is 15.2 Å². The molecule has 1 aliphatic rings. The molecule has 0 saturated heterocycles. The Labute approximate surface area is 193 Å². The molecule has 0 bridgehead atoms. The lowest BCUT2D eigenvalue weighted by atomic mass is 10.0. The van der Waals surface area contributed by atoms with E-state index in [1.165, 1.54) is 0 Å². The Morgan fingerprint density at radius 1 is 1.09 bits per heavy atom. The van der Waals surface area contributed by atoms with E-state index >= 15 is 0 Å². The molecule has 0 fully saturated rings. The Morgan fingerprint density at radius 3 is 2.50 bits per heavy atom. The number of fused-ring (bicyclic) bond motifs is 3. The lowest BCUT2D eigenvalue weighted by molar-refractivity contribution is -0.118. The third-order valence-corrected chi connectivity index (χ3v) is 6.26. The Hall–Kier alpha value is -2.93. The fraction of sp³-hybridized carbons (Fsp3) is 0.360. The van der Waals surface area contributed by atoms with Gasteiger partial charge in [0.2, 0.25) is 23.2 Å². The van der Waals surface area contributed by atoms with Crippen LogP contribution in [0.2, 0.25) is 0 Å². The van der Waals surface area contributed by atoms with E-state index in [0.29, 0.717) is 22.6 Å². The highest BCUT2D eigenvalue weighted by atomic mass is 32.2. The number of nitrogens with zero attached hydrogens (tertiary/aromatic N) is 4. The summed E-state index contributed by atoms with van der Waals surface area (Å²) >= 11 is 1.57. The van der Waals surface area contributed by atoms with Gasteiger partial charge in [-0.15, -0.1) is 10.2 Å². The van der Waals surface area contributed by atoms with Crippen molar-refractivity contribution in [2.24, 2.45) is 5.92 Å². The van der Waals surface area contributed by atoms with E-state index in [9.17, 15) is 4.79 Å². The zero-order valence-electron chi connectivity index (χ0n) is 19.1. The molecule has 32 heavy (non-hydrogen) atoms. The molecular formula is C25H28N4O2S. The lowest BCUT2D eigenvalue weighted by Crippen LogP contribution is -2.36. The van der Waals surface area contributed by atoms with E-state index in [1.807, 2.05) is 56.3 Å². The summed E-state index contributed by atoms with van der Waals surface area (Å²) < 4.78 is 6.43. The molecule has 0 radical (unpaired) electrons. The normalized spacial score (nSPS) is 15.1. The average molecular weight is 449 g/mol. The molecule has 2 heterocycles. The summed E-state index contributed by atoms with van der Waals surface area (Å²) in [5.41, 5.74) is 5.16. The zero-order chi connectivity index (χ0) is 22.8. The molecule has 0 spiro atoms. The maximum absolute atomic E-state index is 12.9. The van der Waals surface area contributed by atoms with Gasteiger partial charge in [-0.2, -0.15) is 4.98 Å². The van der Waals surface area contributed by atoms with Crippen LogP contribution in [0.1, 0.15) is 50.1 Å². The third-order valence-electron chi connectivity index (χ3n) is 5.39. The number of hydrogen-bond donors (Lipinski definition) is 0. The summed E-state index contributed by atoms with van der Waals surface area (Å²) in [5.74, 6) is 1.80. The van der Waals surface area contributed by atoms with Crippen LogP contribution in [-0.2, 0) is 4.79 Å². The van der Waals surface area contributed by atoms with Crippen LogP contribution in [0.3, 0.4) is 0 Å². The van der Waals surface area contributed by atoms with Crippen LogP contribution in [-0.4, -0.2) is 26.8 Å². The van der Waals surface area contributed by atoms with Gasteiger partial charge in [0.15, 0.2) is 5.69 Å². The van der Waals surface area contributed by atoms with Crippen molar-refractivity contribution in [2.75, 3.05) is 10.7 Å². The quantitative estimate of drug-likeness (QED) is 0.464. The van der Waals surface area contributed by atoms with E-state index in [-0.39, 0.29) is 5.91 Å². The Kier molecular flexibility index (Phi) is 6.46. The molecule has 1 aliphatic heterocycles. The average Bonchev–Trinajstić information content (AvgIpc) is 2.88. The van der Waals surface area contributed by atoms with Crippen LogP contribution in [0.15, 0.2) is 47.6 Å². The number of ether oxygens (including phenoxy) is 1. The smallest absolute Gasteiger partial charge is 0.247 e. The van der Waals surface area contributed by atoms with Gasteiger partial charge in [0.05, 0.1) is 5.69 Å². The second kappa shape index (κ2) is 9.28. The van der Waals surface area contributed by atoms with E-state index in [2.05, 4.69) is 24.0 Å². The summed E-state index contributed by atoms with van der Waals surface area (Å²) in [5, 5.41) is 9.44. The molecule has 3 aromatic rings. The summed E-state index contributed by atoms with van der Waals surface area (Å²) in [7, 11) is 0. The minimum absolute atomic E-state index is 0.118. The number of aromatic nitrogens is 3. The number of rotatable bonds is 5. The molecule has 4 rings (SSSR count). The SMILES string of the molecule is CC(=O)N1c2ccc(C)cc2-c2nnc(SCCC(C)C)nc2O[C@@H]1c1ccc(C)cc1. The molecule has 1 amide bonds. The second-order valence-electron chi connectivity index (χ2n) is 8.57. The molecule has 166 valence electrons. The molecule has 6 nitrogen and oxygen atoms in total. The number of carbonyl (C=O) groups is 1. The van der Waals surface area contributed by atoms with Crippen molar-refractivity contribution in [3.63, 3.8) is 0 Å². The second-order valence-corrected chi connectivity index (χ2v) is 9.63. The fourth-order valence-corrected chi connectivity index (χ4v) is 4.63. The predicted octanol–water partition coefficient (Wildman–Crippen LogP) is 5.74. The first-order chi connectivity index (χ1) is 15.3. The highest BCUT2D eigenvalue weighted by Gasteiger charge is 2.34. The molecule has 0 saturated carbocycles. The van der Waals surface area contributed by atoms with Crippen molar-refractivity contribution < 1.29 is 9.53 Å². The maximum Gasteiger partial charge on any atom is 0.247 e. The Morgan fingerprint density at radius 2 is 1.81 bits per heavy atom. The topological polar surface area (TPSA) is 68.2 Å². The van der Waals surface area contributed by atoms with Gasteiger partial charge in [0, 0.05) is 23.8 Å². The van der Waals surface area contributed by atoms with Crippen LogP contribution >= 0.6 is 11.8 Å². The van der Waals surface area contributed by atoms with Gasteiger partial charge in [0.25, 0.3) is 0 Å². The molecule has 0 aliphatic carbocycles. The van der Waals surface area contributed by atoms with Crippen LogP contribution in [0, 0.1) is 19.8 Å². The monoisotopic (exact) mass is 448 g/mol. The number of hydrogen-bond acceptors (Lipinski definition) is 6. The molecular weight excluding hydrogens is 420 g/mol. The van der Waals surface area contributed by atoms with E-state index in [1.54, 1.807) is 23.6 Å². The Balaban J connectivity index is 1.84. The molecule has 7 heteroatoms. The maximum atomic E-state index is 12.9. The summed E-state index contributed by atoms with van der Waals surface area (Å²) in [6, 6.07) is 14.0. The van der Waals surface area contributed by atoms with Crippen molar-refractivity contribution in [3.8, 4) is 17.1 Å². The van der Waals surface area contributed by atoms with Gasteiger partial charge in [-0.1, -0.05) is 67.1 Å². The van der Waals surface area contributed by atoms with Crippen molar-refractivity contribution in [1.29, 1.82) is 0 Å². The standard InChI is InChI=1S/C25H28N4O2S/c1-15(2)12-13-32-25-26-23-22(27-28-25)20-14-17(4)8-11-21(20)29(18(5)30)24(31-23)19-9-6-16(3)7-10-19/h6-11,14-15,24H,12-13H2,1-5H3/t24-/m1/s1. The molecule has 2 aromatic carbocycles. The molecule has 1 aromatic heterocycles. The number of aryl methyl sites for hydroxylation is 2. The van der Waals surface area contributed by atoms with E-state index in [4.69, 9.17) is 9.72 Å². The molecule has 1 atom stereocenters. The third kappa shape index (κ3) is 4.63. The summed E-state index contributed by atoms with van der Waals surface area (Å²) in [4.78, 5) is 19.2. The van der Waals surface area contributed by atoms with Gasteiger partial charge in [-0.3, -0.25) is 9.69 Å². The first-order valence-electron chi connectivity index (χ1n) is 10.8. The largest absolute Gasteiger partial charge is 0.447 e. The van der Waals surface area contributed by atoms with Crippen molar-refractivity contribution in [2.45, 2.75) is 52.4 Å². The van der Waals surface area contributed by atoms with Crippen LogP contribution in [0.4, 0.5) is 5.69 Å². The molecule has 0 N–H and O–H groups in total.